The highest BCUT2D eigenvalue weighted by Crippen LogP contribution is 2.49. The second kappa shape index (κ2) is 15.5. The number of furan rings is 1. The van der Waals surface area contributed by atoms with E-state index in [9.17, 15) is 0 Å². The molecule has 0 N–H and O–H groups in total. The molecule has 0 spiro atoms. The third-order valence-corrected chi connectivity index (χ3v) is 12.9. The second-order valence-electron chi connectivity index (χ2n) is 16.5. The maximum Gasteiger partial charge on any atom is 0.143 e. The Balaban J connectivity index is 1.09. The molecule has 0 radical (unpaired) electrons. The van der Waals surface area contributed by atoms with Gasteiger partial charge in [-0.2, -0.15) is 0 Å². The Labute approximate surface area is 376 Å². The highest BCUT2D eigenvalue weighted by Gasteiger charge is 2.25. The number of terminal acetylenes is 1. The normalized spacial score (nSPS) is 11.7. The molecule has 3 heterocycles. The van der Waals surface area contributed by atoms with E-state index in [1.807, 2.05) is 24.5 Å². The SMILES string of the molecule is C#C/C=C\c1c(-c2c3ccccc3c(-c3cccc(-c4ccccc4)c3)c3ccccc23)ccc(-c2c(-c3ccc4c5ccccc5n(-c5cncnc5)c4c3)oc3ccccc23)c1C. The van der Waals surface area contributed by atoms with E-state index in [1.54, 1.807) is 6.33 Å². The molecule has 0 atom stereocenters. The summed E-state index contributed by atoms with van der Waals surface area (Å²) in [7, 11) is 0. The summed E-state index contributed by atoms with van der Waals surface area (Å²) < 4.78 is 9.16. The standard InChI is InChI=1S/C61H39N3O/c1-3-4-21-45-39(2)46(60-54-27-13-15-29-57(54)65-61(60)43-30-31-48-47-22-12-14-28-55(47)64(56(48)35-43)44-36-62-38-63-37-44)32-33-53(45)59-51-25-10-8-23-49(51)58(50-24-9-11-26-52(50)59)42-20-16-19-41(34-42)40-17-6-5-7-18-40/h1,4-38H,2H3/b21-4-. The van der Waals surface area contributed by atoms with E-state index in [1.165, 1.54) is 49.4 Å². The van der Waals surface area contributed by atoms with Crippen molar-refractivity contribution in [3.05, 3.63) is 218 Å². The second-order valence-corrected chi connectivity index (χ2v) is 16.5. The molecule has 0 aliphatic carbocycles. The molecule has 4 heteroatoms. The lowest BCUT2D eigenvalue weighted by Gasteiger charge is -2.21. The van der Waals surface area contributed by atoms with Gasteiger partial charge in [0, 0.05) is 27.3 Å². The van der Waals surface area contributed by atoms with Crippen LogP contribution in [0.1, 0.15) is 11.1 Å². The van der Waals surface area contributed by atoms with Crippen molar-refractivity contribution in [2.75, 3.05) is 0 Å². The first-order valence-electron chi connectivity index (χ1n) is 21.8. The Morgan fingerprint density at radius 1 is 0.492 bits per heavy atom. The molecule has 0 saturated carbocycles. The molecular formula is C61H39N3O. The zero-order chi connectivity index (χ0) is 43.4. The lowest BCUT2D eigenvalue weighted by Crippen LogP contribution is -1.96. The van der Waals surface area contributed by atoms with Gasteiger partial charge in [-0.3, -0.25) is 0 Å². The summed E-state index contributed by atoms with van der Waals surface area (Å²) in [5.41, 5.74) is 16.2. The monoisotopic (exact) mass is 829 g/mol. The fraction of sp³-hybridized carbons (Fsp3) is 0.0164. The highest BCUT2D eigenvalue weighted by molar-refractivity contribution is 6.22. The molecular weight excluding hydrogens is 791 g/mol. The third kappa shape index (κ3) is 6.17. The van der Waals surface area contributed by atoms with Crippen molar-refractivity contribution in [2.45, 2.75) is 6.92 Å². The van der Waals surface area contributed by atoms with E-state index in [2.05, 4.69) is 209 Å². The molecule has 65 heavy (non-hydrogen) atoms. The molecule has 0 aliphatic rings. The Morgan fingerprint density at radius 2 is 1.09 bits per heavy atom. The zero-order valence-electron chi connectivity index (χ0n) is 35.5. The molecule has 9 aromatic carbocycles. The number of rotatable bonds is 7. The summed E-state index contributed by atoms with van der Waals surface area (Å²) in [4.78, 5) is 8.76. The van der Waals surface area contributed by atoms with Gasteiger partial charge in [-0.05, 0) is 115 Å². The smallest absolute Gasteiger partial charge is 0.143 e. The zero-order valence-corrected chi connectivity index (χ0v) is 35.5. The van der Waals surface area contributed by atoms with Crippen LogP contribution in [-0.4, -0.2) is 14.5 Å². The van der Waals surface area contributed by atoms with Crippen molar-refractivity contribution in [3.8, 4) is 73.9 Å². The molecule has 12 aromatic rings. The van der Waals surface area contributed by atoms with Crippen LogP contribution in [0.5, 0.6) is 0 Å². The number of allylic oxidation sites excluding steroid dienone is 1. The molecule has 0 fully saturated rings. The quantitative estimate of drug-likeness (QED) is 0.119. The predicted octanol–water partition coefficient (Wildman–Crippen LogP) is 15.9. The van der Waals surface area contributed by atoms with Gasteiger partial charge in [0.25, 0.3) is 0 Å². The van der Waals surface area contributed by atoms with Crippen molar-refractivity contribution in [1.29, 1.82) is 0 Å². The van der Waals surface area contributed by atoms with Crippen LogP contribution in [0.2, 0.25) is 0 Å². The predicted molar refractivity (Wildman–Crippen MR) is 271 cm³/mol. The number of hydrogen-bond donors (Lipinski definition) is 0. The Morgan fingerprint density at radius 3 is 1.83 bits per heavy atom. The number of hydrogen-bond acceptors (Lipinski definition) is 3. The summed E-state index contributed by atoms with van der Waals surface area (Å²) >= 11 is 0. The van der Waals surface area contributed by atoms with Crippen molar-refractivity contribution in [3.63, 3.8) is 0 Å². The number of nitrogens with zero attached hydrogens (tertiary/aromatic N) is 3. The van der Waals surface area contributed by atoms with Crippen LogP contribution in [0, 0.1) is 19.3 Å². The van der Waals surface area contributed by atoms with E-state index < -0.39 is 0 Å². The van der Waals surface area contributed by atoms with Gasteiger partial charge in [0.05, 0.1) is 29.1 Å². The van der Waals surface area contributed by atoms with Crippen molar-refractivity contribution in [1.82, 2.24) is 14.5 Å². The lowest BCUT2D eigenvalue weighted by atomic mass is 9.82. The van der Waals surface area contributed by atoms with Crippen molar-refractivity contribution < 1.29 is 4.42 Å². The van der Waals surface area contributed by atoms with E-state index in [0.717, 1.165) is 77.6 Å². The molecule has 0 saturated heterocycles. The molecule has 0 unspecified atom stereocenters. The van der Waals surface area contributed by atoms with Gasteiger partial charge in [-0.15, -0.1) is 6.42 Å². The summed E-state index contributed by atoms with van der Waals surface area (Å²) in [6.07, 6.45) is 15.2. The summed E-state index contributed by atoms with van der Waals surface area (Å²) in [6.45, 7) is 2.21. The van der Waals surface area contributed by atoms with Crippen LogP contribution >= 0.6 is 0 Å². The third-order valence-electron chi connectivity index (χ3n) is 12.9. The van der Waals surface area contributed by atoms with Crippen LogP contribution in [0.4, 0.5) is 0 Å². The van der Waals surface area contributed by atoms with Gasteiger partial charge in [0.2, 0.25) is 0 Å². The highest BCUT2D eigenvalue weighted by atomic mass is 16.3. The fourth-order valence-corrected chi connectivity index (χ4v) is 10.1. The maximum atomic E-state index is 6.92. The Bertz CT molecular complexity index is 3850. The topological polar surface area (TPSA) is 43.9 Å². The van der Waals surface area contributed by atoms with Gasteiger partial charge in [-0.1, -0.05) is 164 Å². The summed E-state index contributed by atoms with van der Waals surface area (Å²) in [6, 6.07) is 65.1. The van der Waals surface area contributed by atoms with E-state index >= 15 is 0 Å². The first kappa shape index (κ1) is 37.9. The minimum absolute atomic E-state index is 0.801. The first-order chi connectivity index (χ1) is 32.2. The van der Waals surface area contributed by atoms with Crippen LogP contribution in [0.15, 0.2) is 211 Å². The number of para-hydroxylation sites is 2. The van der Waals surface area contributed by atoms with Gasteiger partial charge in [0.1, 0.15) is 17.7 Å². The molecule has 12 rings (SSSR count). The van der Waals surface area contributed by atoms with E-state index in [-0.39, 0.29) is 0 Å². The van der Waals surface area contributed by atoms with Crippen LogP contribution in [-0.2, 0) is 0 Å². The van der Waals surface area contributed by atoms with Gasteiger partial charge >= 0.3 is 0 Å². The van der Waals surface area contributed by atoms with E-state index in [0.29, 0.717) is 0 Å². The molecule has 0 bridgehead atoms. The van der Waals surface area contributed by atoms with Gasteiger partial charge in [-0.25, -0.2) is 9.97 Å². The van der Waals surface area contributed by atoms with Crippen molar-refractivity contribution >= 4 is 60.4 Å². The maximum absolute atomic E-state index is 6.92. The average Bonchev–Trinajstić information content (AvgIpc) is 3.92. The summed E-state index contributed by atoms with van der Waals surface area (Å²) in [5, 5.41) is 8.08. The molecule has 0 amide bonds. The minimum Gasteiger partial charge on any atom is -0.455 e. The number of fused-ring (bicyclic) bond motifs is 6. The minimum atomic E-state index is 0.801. The molecule has 304 valence electrons. The average molecular weight is 830 g/mol. The largest absolute Gasteiger partial charge is 0.455 e. The van der Waals surface area contributed by atoms with Gasteiger partial charge in [0.15, 0.2) is 0 Å². The van der Waals surface area contributed by atoms with Crippen LogP contribution < -0.4 is 0 Å². The molecule has 4 nitrogen and oxygen atoms in total. The lowest BCUT2D eigenvalue weighted by molar-refractivity contribution is 0.632. The Hall–Kier alpha value is -8.78. The number of benzene rings is 9. The first-order valence-corrected chi connectivity index (χ1v) is 21.8. The van der Waals surface area contributed by atoms with Crippen LogP contribution in [0.25, 0.3) is 122 Å². The van der Waals surface area contributed by atoms with Crippen LogP contribution in [0.3, 0.4) is 0 Å². The summed E-state index contributed by atoms with van der Waals surface area (Å²) in [5.74, 6) is 3.60. The molecule has 0 aliphatic heterocycles. The fourth-order valence-electron chi connectivity index (χ4n) is 10.1. The number of aromatic nitrogens is 3. The van der Waals surface area contributed by atoms with Crippen molar-refractivity contribution in [2.24, 2.45) is 0 Å². The van der Waals surface area contributed by atoms with Gasteiger partial charge < -0.3 is 8.98 Å². The Kier molecular flexibility index (Phi) is 9.07. The molecule has 3 aromatic heterocycles. The van der Waals surface area contributed by atoms with E-state index in [4.69, 9.17) is 10.8 Å².